The topological polar surface area (TPSA) is 36.9 Å². The molecule has 0 aromatic rings. The minimum absolute atomic E-state index is 0.00914. The third kappa shape index (κ3) is 8.73. The number of hydrogen-bond donors (Lipinski definition) is 0. The van der Waals surface area contributed by atoms with Gasteiger partial charge in [0.25, 0.3) is 0 Å². The molecule has 4 rings (SSSR count). The Kier molecular flexibility index (Phi) is 14.2. The van der Waals surface area contributed by atoms with Gasteiger partial charge in [-0.15, -0.1) is 0 Å². The lowest BCUT2D eigenvalue weighted by Gasteiger charge is -2.59. The molecule has 0 unspecified atom stereocenters. The maximum atomic E-state index is 7.59. The van der Waals surface area contributed by atoms with Crippen molar-refractivity contribution in [2.24, 2.45) is 22.7 Å². The molecule has 0 saturated heterocycles. The Bertz CT molecular complexity index is 1410. The van der Waals surface area contributed by atoms with Crippen LogP contribution in [0.2, 0.25) is 54.4 Å². The largest absolute Gasteiger partial charge is 0.414 e. The minimum atomic E-state index is -2.04. The maximum absolute atomic E-state index is 7.59. The second-order valence-corrected chi connectivity index (χ2v) is 35.6. The van der Waals surface area contributed by atoms with Gasteiger partial charge < -0.3 is 18.0 Å². The first-order chi connectivity index (χ1) is 24.8. The maximum Gasteiger partial charge on any atom is 0.193 e. The van der Waals surface area contributed by atoms with E-state index < -0.39 is 25.0 Å². The monoisotopic (exact) mass is 799 g/mol. The summed E-state index contributed by atoms with van der Waals surface area (Å²) in [6, 6.07) is 3.54. The van der Waals surface area contributed by atoms with E-state index in [9.17, 15) is 0 Å². The van der Waals surface area contributed by atoms with E-state index in [4.69, 9.17) is 18.0 Å². The summed E-state index contributed by atoms with van der Waals surface area (Å²) < 4.78 is 28.6. The molecule has 0 spiro atoms. The predicted octanol–water partition coefficient (Wildman–Crippen LogP) is 14.3. The van der Waals surface area contributed by atoms with Crippen LogP contribution in [0.1, 0.15) is 142 Å². The molecule has 310 valence electrons. The zero-order valence-electron chi connectivity index (χ0n) is 38.7. The number of ether oxygens (including phenoxy) is 1. The van der Waals surface area contributed by atoms with Crippen molar-refractivity contribution in [2.45, 2.75) is 220 Å². The lowest BCUT2D eigenvalue weighted by atomic mass is 9.49. The first-order valence-corrected chi connectivity index (χ1v) is 30.7. The van der Waals surface area contributed by atoms with Crippen LogP contribution in [0.4, 0.5) is 0 Å². The van der Waals surface area contributed by atoms with Crippen molar-refractivity contribution in [3.05, 3.63) is 47.1 Å². The Balaban J connectivity index is 1.57. The fraction of sp³-hybridized carbons (Fsp3) is 0.830. The lowest BCUT2D eigenvalue weighted by Crippen LogP contribution is -2.58. The van der Waals surface area contributed by atoms with Crippen molar-refractivity contribution in [1.29, 1.82) is 0 Å². The van der Waals surface area contributed by atoms with Gasteiger partial charge in [-0.05, 0) is 129 Å². The van der Waals surface area contributed by atoms with Gasteiger partial charge >= 0.3 is 0 Å². The Morgan fingerprint density at radius 3 is 1.94 bits per heavy atom. The summed E-state index contributed by atoms with van der Waals surface area (Å²) in [7, 11) is -5.70. The first-order valence-electron chi connectivity index (χ1n) is 22.3. The minimum Gasteiger partial charge on any atom is -0.414 e. The Morgan fingerprint density at radius 2 is 1.41 bits per heavy atom. The van der Waals surface area contributed by atoms with Crippen LogP contribution >= 0.6 is 0 Å². The van der Waals surface area contributed by atoms with Crippen LogP contribution in [0.15, 0.2) is 47.1 Å². The van der Waals surface area contributed by atoms with E-state index in [1.54, 1.807) is 11.1 Å². The van der Waals surface area contributed by atoms with Crippen LogP contribution in [0.3, 0.4) is 0 Å². The van der Waals surface area contributed by atoms with E-state index in [0.717, 1.165) is 32.1 Å². The van der Waals surface area contributed by atoms with Crippen LogP contribution in [-0.4, -0.2) is 55.5 Å². The molecule has 0 aromatic heterocycles. The molecule has 2 saturated carbocycles. The normalized spacial score (nSPS) is 30.4. The highest BCUT2D eigenvalue weighted by molar-refractivity contribution is 6.74. The van der Waals surface area contributed by atoms with Crippen molar-refractivity contribution in [1.82, 2.24) is 0 Å². The average molecular weight is 799 g/mol. The SMILES string of the molecule is CCC(/C=C\CO[C@@H](C)C1=CC[C@H]2C3=CC=C4C[C@@H](O[Si](C)(C)C(C)(C)C)C[C@H](O[Si](C)(C)C(C)(C)C)[C@]4(C)[C@H]3CC[C@]12C)(CC)O[Si](CC)(CC)CC. The standard InChI is InChI=1S/C47H86O4Si3/c1-19-47(20-2,51-54(21-3,22-4)23-5)30-24-32-48-35(6)39-27-28-40-38-26-25-36-33-37(49-52(15,16)43(7,8)9)34-42(50-53(17,18)44(10,11)12)46(36,14)41(38)29-31-45(39,40)13/h24-27,30,35,37,40-42H,19-23,28-29,31-34H2,1-18H3/b30-24-/t35-,37+,40-,41-,42-,45+,46-/m0/s1. The molecule has 2 fully saturated rings. The van der Waals surface area contributed by atoms with Gasteiger partial charge in [-0.1, -0.05) is 132 Å². The zero-order chi connectivity index (χ0) is 40.8. The second kappa shape index (κ2) is 16.6. The van der Waals surface area contributed by atoms with Crippen molar-refractivity contribution >= 4 is 25.0 Å². The first kappa shape index (κ1) is 46.1. The second-order valence-electron chi connectivity index (χ2n) is 21.4. The summed E-state index contributed by atoms with van der Waals surface area (Å²) in [5.41, 5.74) is 4.70. The molecule has 7 atom stereocenters. The molecular formula is C47H86O4Si3. The average Bonchev–Trinajstić information content (AvgIpc) is 3.45. The highest BCUT2D eigenvalue weighted by atomic mass is 28.4. The highest BCUT2D eigenvalue weighted by Gasteiger charge is 2.59. The molecule has 0 aliphatic heterocycles. The molecule has 0 radical (unpaired) electrons. The lowest BCUT2D eigenvalue weighted by molar-refractivity contribution is -0.0399. The molecule has 0 N–H and O–H groups in total. The highest BCUT2D eigenvalue weighted by Crippen LogP contribution is 2.65. The van der Waals surface area contributed by atoms with Gasteiger partial charge in [0.15, 0.2) is 25.0 Å². The predicted molar refractivity (Wildman–Crippen MR) is 241 cm³/mol. The third-order valence-corrected chi connectivity index (χ3v) is 30.3. The zero-order valence-corrected chi connectivity index (χ0v) is 41.7. The van der Waals surface area contributed by atoms with Crippen LogP contribution in [0, 0.1) is 22.7 Å². The molecule has 54 heavy (non-hydrogen) atoms. The van der Waals surface area contributed by atoms with E-state index in [1.807, 2.05) is 0 Å². The van der Waals surface area contributed by atoms with E-state index >= 15 is 0 Å². The molecule has 7 heteroatoms. The van der Waals surface area contributed by atoms with Gasteiger partial charge in [-0.25, -0.2) is 0 Å². The van der Waals surface area contributed by atoms with Crippen molar-refractivity contribution in [3.8, 4) is 0 Å². The summed E-state index contributed by atoms with van der Waals surface area (Å²) in [5, 5.41) is 0.342. The van der Waals surface area contributed by atoms with Gasteiger partial charge in [-0.2, -0.15) is 0 Å². The van der Waals surface area contributed by atoms with E-state index in [-0.39, 0.29) is 44.8 Å². The summed E-state index contributed by atoms with van der Waals surface area (Å²) in [6.45, 7) is 43.6. The number of allylic oxidation sites excluding steroid dienone is 4. The summed E-state index contributed by atoms with van der Waals surface area (Å²) in [4.78, 5) is 0. The van der Waals surface area contributed by atoms with Gasteiger partial charge in [0.1, 0.15) is 0 Å². The van der Waals surface area contributed by atoms with E-state index in [1.165, 1.54) is 36.5 Å². The Hall–Kier alpha value is -0.549. The molecule has 4 nitrogen and oxygen atoms in total. The van der Waals surface area contributed by atoms with Crippen LogP contribution in [0.25, 0.3) is 0 Å². The van der Waals surface area contributed by atoms with Gasteiger partial charge in [0.05, 0.1) is 30.5 Å². The quantitative estimate of drug-likeness (QED) is 0.115. The summed E-state index contributed by atoms with van der Waals surface area (Å²) in [6.07, 6.45) is 20.3. The molecular weight excluding hydrogens is 713 g/mol. The fourth-order valence-electron chi connectivity index (χ4n) is 10.3. The molecule has 0 amide bonds. The van der Waals surface area contributed by atoms with E-state index in [0.29, 0.717) is 18.4 Å². The van der Waals surface area contributed by atoms with Crippen LogP contribution in [0.5, 0.6) is 0 Å². The third-order valence-electron chi connectivity index (χ3n) is 16.6. The van der Waals surface area contributed by atoms with Crippen LogP contribution in [-0.2, 0) is 18.0 Å². The Labute approximate surface area is 338 Å². The van der Waals surface area contributed by atoms with Crippen molar-refractivity contribution in [2.75, 3.05) is 6.61 Å². The van der Waals surface area contributed by atoms with Gasteiger partial charge in [-0.3, -0.25) is 0 Å². The summed E-state index contributed by atoms with van der Waals surface area (Å²) in [5.74, 6) is 1.03. The fourth-order valence-corrected chi connectivity index (χ4v) is 16.2. The smallest absolute Gasteiger partial charge is 0.193 e. The number of fused-ring (bicyclic) bond motifs is 5. The number of hydrogen-bond acceptors (Lipinski definition) is 4. The molecule has 0 bridgehead atoms. The number of rotatable bonds is 16. The molecule has 0 aromatic carbocycles. The van der Waals surface area contributed by atoms with Crippen molar-refractivity contribution in [3.63, 3.8) is 0 Å². The summed E-state index contributed by atoms with van der Waals surface area (Å²) >= 11 is 0. The molecule has 0 heterocycles. The molecule has 4 aliphatic carbocycles. The van der Waals surface area contributed by atoms with E-state index in [2.05, 4.69) is 154 Å². The van der Waals surface area contributed by atoms with Crippen LogP contribution < -0.4 is 0 Å². The van der Waals surface area contributed by atoms with Gasteiger partial charge in [0.2, 0.25) is 0 Å². The Morgan fingerprint density at radius 1 is 0.833 bits per heavy atom. The van der Waals surface area contributed by atoms with Gasteiger partial charge in [0, 0.05) is 5.41 Å². The van der Waals surface area contributed by atoms with Crippen molar-refractivity contribution < 1.29 is 18.0 Å². The molecule has 4 aliphatic rings.